The van der Waals surface area contributed by atoms with Crippen LogP contribution in [0.25, 0.3) is 10.9 Å². The Kier molecular flexibility index (Phi) is 5.09. The molecule has 10 nitrogen and oxygen atoms in total. The molecule has 0 aliphatic rings. The number of carbonyl (C=O) groups is 1. The summed E-state index contributed by atoms with van der Waals surface area (Å²) in [4.78, 5) is 50.5. The van der Waals surface area contributed by atoms with Gasteiger partial charge in [-0.25, -0.2) is 0 Å². The zero-order chi connectivity index (χ0) is 22.3. The second-order valence-electron chi connectivity index (χ2n) is 6.92. The van der Waals surface area contributed by atoms with Gasteiger partial charge in [0.2, 0.25) is 5.91 Å². The van der Waals surface area contributed by atoms with Crippen LogP contribution in [0, 0.1) is 41.0 Å². The third kappa shape index (κ3) is 3.28. The van der Waals surface area contributed by atoms with Gasteiger partial charge in [0.05, 0.1) is 21.4 Å². The summed E-state index contributed by atoms with van der Waals surface area (Å²) in [6.07, 6.45) is 0. The Morgan fingerprint density at radius 3 is 2.20 bits per heavy atom. The van der Waals surface area contributed by atoms with Crippen LogP contribution in [0.5, 0.6) is 0 Å². The van der Waals surface area contributed by atoms with Crippen LogP contribution in [0.1, 0.15) is 23.6 Å². The van der Waals surface area contributed by atoms with Gasteiger partial charge in [0.15, 0.2) is 0 Å². The Bertz CT molecular complexity index is 1290. The highest BCUT2D eigenvalue weighted by Gasteiger charge is 2.31. The number of anilines is 2. The Hall–Kier alpha value is -4.08. The van der Waals surface area contributed by atoms with Crippen LogP contribution in [0.4, 0.5) is 22.7 Å². The molecule has 0 atom stereocenters. The molecule has 1 N–H and O–H groups in total. The number of nitro benzene ring substituents is 2. The third-order valence-electron chi connectivity index (χ3n) is 4.95. The van der Waals surface area contributed by atoms with Gasteiger partial charge in [-0.1, -0.05) is 18.2 Å². The minimum atomic E-state index is -0.813. The van der Waals surface area contributed by atoms with Crippen LogP contribution in [0.15, 0.2) is 35.1 Å². The minimum Gasteiger partial charge on any atom is -0.320 e. The van der Waals surface area contributed by atoms with E-state index in [0.29, 0.717) is 16.5 Å². The SMILES string of the molecule is CC(=O)N(c1cc(C)c([N+](=O)[O-])cc1[N+](=O)[O-])c1c(C)c2cccc(C)c2[nH]c1=O. The average molecular weight is 410 g/mol. The first kappa shape index (κ1) is 20.6. The molecule has 1 heterocycles. The van der Waals surface area contributed by atoms with Crippen molar-refractivity contribution >= 4 is 39.6 Å². The summed E-state index contributed by atoms with van der Waals surface area (Å²) in [6.45, 7) is 6.04. The molecule has 3 aromatic rings. The predicted octanol–water partition coefficient (Wildman–Crippen LogP) is 3.95. The van der Waals surface area contributed by atoms with Crippen molar-refractivity contribution in [1.82, 2.24) is 4.98 Å². The molecule has 30 heavy (non-hydrogen) atoms. The minimum absolute atomic E-state index is 0.0723. The van der Waals surface area contributed by atoms with E-state index in [1.165, 1.54) is 19.9 Å². The van der Waals surface area contributed by atoms with E-state index >= 15 is 0 Å². The zero-order valence-electron chi connectivity index (χ0n) is 16.7. The smallest absolute Gasteiger partial charge is 0.300 e. The van der Waals surface area contributed by atoms with E-state index in [1.54, 1.807) is 19.1 Å². The average Bonchev–Trinajstić information content (AvgIpc) is 2.65. The fourth-order valence-electron chi connectivity index (χ4n) is 3.53. The maximum absolute atomic E-state index is 12.9. The molecule has 0 saturated heterocycles. The van der Waals surface area contributed by atoms with E-state index in [0.717, 1.165) is 16.5 Å². The molecule has 0 unspecified atom stereocenters. The topological polar surface area (TPSA) is 139 Å². The van der Waals surface area contributed by atoms with Gasteiger partial charge in [-0.3, -0.25) is 34.7 Å². The number of aromatic amines is 1. The fraction of sp³-hybridized carbons (Fsp3) is 0.200. The summed E-state index contributed by atoms with van der Waals surface area (Å²) >= 11 is 0. The molecule has 2 aromatic carbocycles. The normalized spacial score (nSPS) is 10.8. The third-order valence-corrected chi connectivity index (χ3v) is 4.95. The molecule has 0 aliphatic heterocycles. The van der Waals surface area contributed by atoms with E-state index in [-0.39, 0.29) is 16.9 Å². The van der Waals surface area contributed by atoms with Gasteiger partial charge in [-0.15, -0.1) is 0 Å². The first-order valence-electron chi connectivity index (χ1n) is 8.91. The molecule has 1 aromatic heterocycles. The summed E-state index contributed by atoms with van der Waals surface area (Å²) < 4.78 is 0. The Labute approximate surface area is 170 Å². The standard InChI is InChI=1S/C20H18N4O6/c1-10-6-5-7-14-12(3)19(20(26)21-18(10)14)22(13(4)25)16-8-11(2)15(23(27)28)9-17(16)24(29)30/h5-9H,1-4H3,(H,21,26). The number of para-hydroxylation sites is 1. The number of fused-ring (bicyclic) bond motifs is 1. The van der Waals surface area contributed by atoms with Crippen LogP contribution in [0.2, 0.25) is 0 Å². The first-order valence-corrected chi connectivity index (χ1v) is 8.91. The van der Waals surface area contributed by atoms with Gasteiger partial charge in [0.25, 0.3) is 16.9 Å². The van der Waals surface area contributed by atoms with E-state index in [1.807, 2.05) is 13.0 Å². The molecule has 3 rings (SSSR count). The summed E-state index contributed by atoms with van der Waals surface area (Å²) in [5, 5.41) is 23.5. The number of nitrogens with one attached hydrogen (secondary N) is 1. The number of pyridine rings is 1. The molecule has 0 fully saturated rings. The van der Waals surface area contributed by atoms with Crippen molar-refractivity contribution in [3.63, 3.8) is 0 Å². The number of aromatic nitrogens is 1. The lowest BCUT2D eigenvalue weighted by atomic mass is 10.0. The fourth-order valence-corrected chi connectivity index (χ4v) is 3.53. The Morgan fingerprint density at radius 2 is 1.63 bits per heavy atom. The maximum Gasteiger partial charge on any atom is 0.300 e. The van der Waals surface area contributed by atoms with Crippen LogP contribution < -0.4 is 10.5 Å². The lowest BCUT2D eigenvalue weighted by Gasteiger charge is -2.23. The predicted molar refractivity (Wildman–Crippen MR) is 111 cm³/mol. The summed E-state index contributed by atoms with van der Waals surface area (Å²) in [5.74, 6) is -0.646. The Balaban J connectivity index is 2.41. The number of aryl methyl sites for hydroxylation is 3. The first-order chi connectivity index (χ1) is 14.0. The number of carbonyl (C=O) groups excluding carboxylic acids is 1. The molecule has 0 spiro atoms. The van der Waals surface area contributed by atoms with Crippen LogP contribution in [-0.2, 0) is 4.79 Å². The number of benzene rings is 2. The second-order valence-corrected chi connectivity index (χ2v) is 6.92. The van der Waals surface area contributed by atoms with Gasteiger partial charge >= 0.3 is 0 Å². The lowest BCUT2D eigenvalue weighted by Crippen LogP contribution is -2.30. The highest BCUT2D eigenvalue weighted by Crippen LogP contribution is 2.39. The van der Waals surface area contributed by atoms with E-state index in [4.69, 9.17) is 0 Å². The molecular formula is C20H18N4O6. The molecule has 10 heteroatoms. The number of amides is 1. The molecule has 0 bridgehead atoms. The van der Waals surface area contributed by atoms with Crippen molar-refractivity contribution in [3.05, 3.63) is 77.6 Å². The lowest BCUT2D eigenvalue weighted by molar-refractivity contribution is -0.394. The summed E-state index contributed by atoms with van der Waals surface area (Å²) in [6, 6.07) is 7.37. The molecule has 0 radical (unpaired) electrons. The van der Waals surface area contributed by atoms with Gasteiger partial charge in [-0.05, 0) is 38.0 Å². The van der Waals surface area contributed by atoms with Crippen molar-refractivity contribution in [2.75, 3.05) is 4.90 Å². The van der Waals surface area contributed by atoms with Crippen LogP contribution >= 0.6 is 0 Å². The highest BCUT2D eigenvalue weighted by atomic mass is 16.6. The number of hydrogen-bond donors (Lipinski definition) is 1. The van der Waals surface area contributed by atoms with Gasteiger partial charge < -0.3 is 4.98 Å². The molecular weight excluding hydrogens is 392 g/mol. The monoisotopic (exact) mass is 410 g/mol. The molecule has 1 amide bonds. The number of hydrogen-bond acceptors (Lipinski definition) is 6. The van der Waals surface area contributed by atoms with Crippen molar-refractivity contribution < 1.29 is 14.6 Å². The zero-order valence-corrected chi connectivity index (χ0v) is 16.7. The molecule has 0 saturated carbocycles. The van der Waals surface area contributed by atoms with E-state index in [2.05, 4.69) is 4.98 Å². The second kappa shape index (κ2) is 7.39. The number of H-pyrrole nitrogens is 1. The van der Waals surface area contributed by atoms with Gasteiger partial charge in [0, 0.05) is 17.9 Å². The highest BCUT2D eigenvalue weighted by molar-refractivity contribution is 6.04. The van der Waals surface area contributed by atoms with Crippen molar-refractivity contribution in [3.8, 4) is 0 Å². The van der Waals surface area contributed by atoms with E-state index < -0.39 is 32.7 Å². The molecule has 0 aliphatic carbocycles. The summed E-state index contributed by atoms with van der Waals surface area (Å²) in [7, 11) is 0. The van der Waals surface area contributed by atoms with Crippen molar-refractivity contribution in [1.29, 1.82) is 0 Å². The molecule has 154 valence electrons. The number of rotatable bonds is 4. The van der Waals surface area contributed by atoms with E-state index in [9.17, 15) is 29.8 Å². The number of nitrogens with zero attached hydrogens (tertiary/aromatic N) is 3. The quantitative estimate of drug-likeness (QED) is 0.510. The van der Waals surface area contributed by atoms with Crippen LogP contribution in [-0.4, -0.2) is 20.7 Å². The maximum atomic E-state index is 12.9. The summed E-state index contributed by atoms with van der Waals surface area (Å²) in [5.41, 5.74) is 0.0188. The van der Waals surface area contributed by atoms with Gasteiger partial charge in [-0.2, -0.15) is 0 Å². The largest absolute Gasteiger partial charge is 0.320 e. The van der Waals surface area contributed by atoms with Crippen molar-refractivity contribution in [2.45, 2.75) is 27.7 Å². The Morgan fingerprint density at radius 1 is 1.00 bits per heavy atom. The van der Waals surface area contributed by atoms with Gasteiger partial charge in [0.1, 0.15) is 11.4 Å². The van der Waals surface area contributed by atoms with Crippen LogP contribution in [0.3, 0.4) is 0 Å². The van der Waals surface area contributed by atoms with Crippen molar-refractivity contribution in [2.24, 2.45) is 0 Å². The number of nitro groups is 2.